The fraction of sp³-hybridized carbons (Fsp3) is 0.0588. The van der Waals surface area contributed by atoms with Crippen molar-refractivity contribution in [3.05, 3.63) is 65.7 Å². The van der Waals surface area contributed by atoms with Gasteiger partial charge in [-0.2, -0.15) is 5.10 Å². The third kappa shape index (κ3) is 5.16. The molecule has 118 valence electrons. The van der Waals surface area contributed by atoms with E-state index in [9.17, 15) is 4.79 Å². The minimum absolute atomic E-state index is 0.266. The van der Waals surface area contributed by atoms with Crippen molar-refractivity contribution in [2.75, 3.05) is 12.0 Å². The molecule has 0 spiro atoms. The summed E-state index contributed by atoms with van der Waals surface area (Å²) < 4.78 is 5.72. The summed E-state index contributed by atoms with van der Waals surface area (Å²) in [6.07, 6.45) is 0.751. The summed E-state index contributed by atoms with van der Waals surface area (Å²) >= 11 is 5.97. The molecular weight excluding hydrogens is 316 g/mol. The molecule has 2 aromatic carbocycles. The summed E-state index contributed by atoms with van der Waals surface area (Å²) in [6.45, 7) is 4.26. The van der Waals surface area contributed by atoms with E-state index < -0.39 is 5.97 Å². The zero-order chi connectivity index (χ0) is 16.7. The Morgan fingerprint density at radius 2 is 2.04 bits per heavy atom. The number of benzene rings is 2. The second kappa shape index (κ2) is 8.00. The van der Waals surface area contributed by atoms with Gasteiger partial charge in [0.05, 0.1) is 5.69 Å². The van der Waals surface area contributed by atoms with E-state index in [0.29, 0.717) is 16.5 Å². The van der Waals surface area contributed by atoms with Gasteiger partial charge in [-0.25, -0.2) is 4.79 Å². The highest BCUT2D eigenvalue weighted by atomic mass is 35.5. The Labute approximate surface area is 138 Å². The van der Waals surface area contributed by atoms with Crippen LogP contribution in [0.1, 0.15) is 5.56 Å². The van der Waals surface area contributed by atoms with E-state index in [1.165, 1.54) is 0 Å². The van der Waals surface area contributed by atoms with E-state index in [1.807, 2.05) is 30.3 Å². The average Bonchev–Trinajstić information content (AvgIpc) is 2.55. The molecule has 0 unspecified atom stereocenters. The Hall–Kier alpha value is -2.79. The van der Waals surface area contributed by atoms with E-state index in [4.69, 9.17) is 21.4 Å². The summed E-state index contributed by atoms with van der Waals surface area (Å²) in [5.41, 5.74) is 4.91. The van der Waals surface area contributed by atoms with Gasteiger partial charge < -0.3 is 9.84 Å². The molecule has 0 aliphatic heterocycles. The van der Waals surface area contributed by atoms with E-state index in [1.54, 1.807) is 18.2 Å². The minimum Gasteiger partial charge on any atom is -0.487 e. The van der Waals surface area contributed by atoms with E-state index in [2.05, 4.69) is 17.1 Å². The number of hydrazone groups is 1. The number of anilines is 1. The average molecular weight is 331 g/mol. The Balaban J connectivity index is 2.07. The van der Waals surface area contributed by atoms with E-state index in [-0.39, 0.29) is 6.61 Å². The van der Waals surface area contributed by atoms with Gasteiger partial charge in [-0.3, -0.25) is 5.43 Å². The molecule has 0 radical (unpaired) electrons. The van der Waals surface area contributed by atoms with Crippen molar-refractivity contribution in [3.8, 4) is 5.75 Å². The maximum absolute atomic E-state index is 10.4. The summed E-state index contributed by atoms with van der Waals surface area (Å²) in [4.78, 5) is 10.4. The maximum Gasteiger partial charge on any atom is 0.348 e. The number of nitrogens with one attached hydrogen (secondary N) is 1. The molecular formula is C17H15ClN2O3. The number of ether oxygens (including phenoxy) is 1. The van der Waals surface area contributed by atoms with Gasteiger partial charge in [0, 0.05) is 11.1 Å². The molecule has 5 nitrogen and oxygen atoms in total. The van der Waals surface area contributed by atoms with Crippen molar-refractivity contribution < 1.29 is 14.6 Å². The number of hydrogen-bond donors (Lipinski definition) is 2. The molecule has 2 N–H and O–H groups in total. The van der Waals surface area contributed by atoms with Crippen LogP contribution in [0.5, 0.6) is 5.75 Å². The minimum atomic E-state index is -1.15. The molecule has 0 aliphatic rings. The third-order valence-electron chi connectivity index (χ3n) is 2.89. The van der Waals surface area contributed by atoms with Crippen LogP contribution in [-0.4, -0.2) is 23.9 Å². The largest absolute Gasteiger partial charge is 0.487 e. The first-order valence-electron chi connectivity index (χ1n) is 6.74. The van der Waals surface area contributed by atoms with Crippen molar-refractivity contribution in [1.29, 1.82) is 0 Å². The van der Waals surface area contributed by atoms with Gasteiger partial charge in [0.2, 0.25) is 0 Å². The fourth-order valence-electron chi connectivity index (χ4n) is 1.79. The molecule has 0 bridgehead atoms. The maximum atomic E-state index is 10.4. The van der Waals surface area contributed by atoms with Crippen molar-refractivity contribution in [2.45, 2.75) is 0 Å². The Morgan fingerprint density at radius 1 is 1.30 bits per heavy atom. The highest BCUT2D eigenvalue weighted by Crippen LogP contribution is 2.29. The van der Waals surface area contributed by atoms with Gasteiger partial charge in [-0.15, -0.1) is 0 Å². The van der Waals surface area contributed by atoms with Crippen LogP contribution < -0.4 is 10.2 Å². The zero-order valence-electron chi connectivity index (χ0n) is 12.2. The SMILES string of the molecule is C=C(COc1cc(Cl)ccc1NN=CC(=O)O)c1ccccc1. The first kappa shape index (κ1) is 16.6. The van der Waals surface area contributed by atoms with E-state index >= 15 is 0 Å². The van der Waals surface area contributed by atoms with Crippen LogP contribution in [0.15, 0.2) is 60.2 Å². The van der Waals surface area contributed by atoms with Gasteiger partial charge in [0.1, 0.15) is 18.6 Å². The number of nitrogens with zero attached hydrogens (tertiary/aromatic N) is 1. The van der Waals surface area contributed by atoms with Crippen LogP contribution in [0.4, 0.5) is 5.69 Å². The van der Waals surface area contributed by atoms with Crippen molar-refractivity contribution in [3.63, 3.8) is 0 Å². The van der Waals surface area contributed by atoms with Gasteiger partial charge in [-0.05, 0) is 23.3 Å². The molecule has 0 aliphatic carbocycles. The topological polar surface area (TPSA) is 70.9 Å². The van der Waals surface area contributed by atoms with Crippen LogP contribution >= 0.6 is 11.6 Å². The number of carboxylic acids is 1. The summed E-state index contributed by atoms with van der Waals surface area (Å²) in [7, 11) is 0. The first-order chi connectivity index (χ1) is 11.1. The lowest BCUT2D eigenvalue weighted by Crippen LogP contribution is -2.03. The molecule has 0 aromatic heterocycles. The zero-order valence-corrected chi connectivity index (χ0v) is 13.0. The summed E-state index contributed by atoms with van der Waals surface area (Å²) in [5, 5.41) is 12.6. The highest BCUT2D eigenvalue weighted by Gasteiger charge is 2.06. The number of aliphatic carboxylic acids is 1. The monoisotopic (exact) mass is 330 g/mol. The molecule has 0 atom stereocenters. The Bertz CT molecular complexity index is 730. The molecule has 0 saturated heterocycles. The van der Waals surface area contributed by atoms with Gasteiger partial charge >= 0.3 is 5.97 Å². The molecule has 2 rings (SSSR count). The van der Waals surface area contributed by atoms with Gasteiger partial charge in [0.15, 0.2) is 0 Å². The number of rotatable bonds is 7. The fourth-order valence-corrected chi connectivity index (χ4v) is 1.95. The van der Waals surface area contributed by atoms with E-state index in [0.717, 1.165) is 17.4 Å². The smallest absolute Gasteiger partial charge is 0.348 e. The predicted molar refractivity (Wildman–Crippen MR) is 92.2 cm³/mol. The van der Waals surface area contributed by atoms with Crippen LogP contribution in [0, 0.1) is 0 Å². The third-order valence-corrected chi connectivity index (χ3v) is 3.12. The van der Waals surface area contributed by atoms with Crippen molar-refractivity contribution in [1.82, 2.24) is 0 Å². The molecule has 0 heterocycles. The molecule has 0 fully saturated rings. The number of carboxylic acid groups (broad SMARTS) is 1. The Morgan fingerprint density at radius 3 is 2.74 bits per heavy atom. The Kier molecular flexibility index (Phi) is 5.77. The standard InChI is InChI=1S/C17H15ClN2O3/c1-12(13-5-3-2-4-6-13)11-23-16-9-14(18)7-8-15(16)20-19-10-17(21)22/h2-10,20H,1,11H2,(H,21,22). The molecule has 6 heteroatoms. The lowest BCUT2D eigenvalue weighted by Gasteiger charge is -2.13. The summed E-state index contributed by atoms with van der Waals surface area (Å²) in [6, 6.07) is 14.6. The second-order valence-electron chi connectivity index (χ2n) is 4.61. The van der Waals surface area contributed by atoms with Crippen LogP contribution in [-0.2, 0) is 4.79 Å². The van der Waals surface area contributed by atoms with Gasteiger partial charge in [0.25, 0.3) is 0 Å². The van der Waals surface area contributed by atoms with Gasteiger partial charge in [-0.1, -0.05) is 48.5 Å². The summed E-state index contributed by atoms with van der Waals surface area (Å²) in [5.74, 6) is -0.691. The molecule has 23 heavy (non-hydrogen) atoms. The predicted octanol–water partition coefficient (Wildman–Crippen LogP) is 3.91. The first-order valence-corrected chi connectivity index (χ1v) is 7.11. The lowest BCUT2D eigenvalue weighted by atomic mass is 10.1. The second-order valence-corrected chi connectivity index (χ2v) is 5.04. The van der Waals surface area contributed by atoms with Crippen LogP contribution in [0.25, 0.3) is 5.57 Å². The van der Waals surface area contributed by atoms with Crippen molar-refractivity contribution in [2.24, 2.45) is 5.10 Å². The van der Waals surface area contributed by atoms with Crippen LogP contribution in [0.3, 0.4) is 0 Å². The highest BCUT2D eigenvalue weighted by molar-refractivity contribution is 6.30. The number of halogens is 1. The number of hydrogen-bond acceptors (Lipinski definition) is 4. The number of carbonyl (C=O) groups is 1. The normalized spacial score (nSPS) is 10.5. The van der Waals surface area contributed by atoms with Crippen molar-refractivity contribution >= 4 is 35.0 Å². The quantitative estimate of drug-likeness (QED) is 0.596. The lowest BCUT2D eigenvalue weighted by molar-refractivity contribution is -0.128. The molecule has 0 amide bonds. The molecule has 0 saturated carbocycles. The molecule has 2 aromatic rings. The van der Waals surface area contributed by atoms with Crippen LogP contribution in [0.2, 0.25) is 5.02 Å².